The summed E-state index contributed by atoms with van der Waals surface area (Å²) in [7, 11) is 0. The molecule has 0 unspecified atom stereocenters. The quantitative estimate of drug-likeness (QED) is 0.364. The molecular weight excluding hydrogens is 372 g/mol. The van der Waals surface area contributed by atoms with E-state index in [1.54, 1.807) is 13.1 Å². The molecule has 1 aromatic carbocycles. The first-order chi connectivity index (χ1) is 13.4. The molecule has 0 atom stereocenters. The molecule has 152 valence electrons. The Balaban J connectivity index is 1.88. The number of hydrogen-bond donors (Lipinski definition) is 1. The molecule has 0 aliphatic heterocycles. The molecule has 28 heavy (non-hydrogen) atoms. The molecule has 0 spiro atoms. The first-order valence-corrected chi connectivity index (χ1v) is 10.5. The number of hydrogen-bond acceptors (Lipinski definition) is 7. The molecule has 0 aliphatic rings. The monoisotopic (exact) mass is 402 g/mol. The summed E-state index contributed by atoms with van der Waals surface area (Å²) in [6.07, 6.45) is 1.94. The van der Waals surface area contributed by atoms with Crippen LogP contribution in [0.2, 0.25) is 0 Å². The van der Waals surface area contributed by atoms with Gasteiger partial charge in [-0.25, -0.2) is 4.98 Å². The molecule has 2 aromatic rings. The van der Waals surface area contributed by atoms with Gasteiger partial charge in [-0.3, -0.25) is 15.1 Å². The summed E-state index contributed by atoms with van der Waals surface area (Å²) in [6, 6.07) is 9.43. The molecule has 0 bridgehead atoms. The van der Waals surface area contributed by atoms with Gasteiger partial charge in [-0.05, 0) is 45.7 Å². The van der Waals surface area contributed by atoms with Crippen LogP contribution < -0.4 is 5.43 Å². The minimum Gasteiger partial charge on any atom is -0.466 e. The van der Waals surface area contributed by atoms with Crippen molar-refractivity contribution < 1.29 is 9.53 Å². The minimum atomic E-state index is -0.267. The Morgan fingerprint density at radius 3 is 2.54 bits per heavy atom. The second-order valence-corrected chi connectivity index (χ2v) is 7.96. The largest absolute Gasteiger partial charge is 0.466 e. The third-order valence-corrected chi connectivity index (χ3v) is 5.02. The van der Waals surface area contributed by atoms with E-state index in [-0.39, 0.29) is 12.4 Å². The standard InChI is InChI=1S/C21H30N4O2S/c1-6-27-20(26)11-19-14-28-21(23-19)24-22-12-17-7-9-18(10-8-17)13-25(15(2)3)16(4)5/h7-10,12,14-16H,6,11,13H2,1-5H3,(H,23,24). The maximum Gasteiger partial charge on any atom is 0.311 e. The van der Waals surface area contributed by atoms with Gasteiger partial charge in [0.1, 0.15) is 0 Å². The Labute approximate surface area is 171 Å². The molecule has 0 aliphatic carbocycles. The van der Waals surface area contributed by atoms with Gasteiger partial charge >= 0.3 is 5.97 Å². The van der Waals surface area contributed by atoms with Crippen LogP contribution in [-0.4, -0.2) is 40.8 Å². The Hall–Kier alpha value is -2.25. The topological polar surface area (TPSA) is 66.8 Å². The molecule has 7 heteroatoms. The van der Waals surface area contributed by atoms with Crippen LogP contribution in [0.1, 0.15) is 51.4 Å². The van der Waals surface area contributed by atoms with Gasteiger partial charge in [0.2, 0.25) is 5.13 Å². The number of hydrazone groups is 1. The lowest BCUT2D eigenvalue weighted by Crippen LogP contribution is -2.36. The summed E-state index contributed by atoms with van der Waals surface area (Å²) < 4.78 is 4.93. The first-order valence-electron chi connectivity index (χ1n) is 9.62. The lowest BCUT2D eigenvalue weighted by molar-refractivity contribution is -0.142. The minimum absolute atomic E-state index is 0.182. The zero-order valence-electron chi connectivity index (χ0n) is 17.3. The van der Waals surface area contributed by atoms with Gasteiger partial charge in [0.25, 0.3) is 0 Å². The van der Waals surface area contributed by atoms with Crippen LogP contribution in [0.15, 0.2) is 34.7 Å². The van der Waals surface area contributed by atoms with Crippen molar-refractivity contribution in [3.63, 3.8) is 0 Å². The summed E-state index contributed by atoms with van der Waals surface area (Å²) in [5.74, 6) is -0.267. The van der Waals surface area contributed by atoms with Crippen LogP contribution in [-0.2, 0) is 22.5 Å². The van der Waals surface area contributed by atoms with Crippen LogP contribution >= 0.6 is 11.3 Å². The van der Waals surface area contributed by atoms with Crippen molar-refractivity contribution in [3.05, 3.63) is 46.5 Å². The maximum atomic E-state index is 11.5. The normalized spacial score (nSPS) is 11.7. The molecule has 1 aromatic heterocycles. The number of benzene rings is 1. The number of nitrogens with zero attached hydrogens (tertiary/aromatic N) is 3. The third kappa shape index (κ3) is 7.05. The Morgan fingerprint density at radius 1 is 1.25 bits per heavy atom. The fourth-order valence-corrected chi connectivity index (χ4v) is 3.50. The van der Waals surface area contributed by atoms with Gasteiger partial charge in [0.05, 0.1) is 24.9 Å². The van der Waals surface area contributed by atoms with Crippen molar-refractivity contribution in [3.8, 4) is 0 Å². The van der Waals surface area contributed by atoms with Crippen molar-refractivity contribution in [2.75, 3.05) is 12.0 Å². The predicted octanol–water partition coefficient (Wildman–Crippen LogP) is 4.31. The van der Waals surface area contributed by atoms with Gasteiger partial charge in [0.15, 0.2) is 0 Å². The number of anilines is 1. The molecule has 2 rings (SSSR count). The maximum absolute atomic E-state index is 11.5. The molecular formula is C21H30N4O2S. The van der Waals surface area contributed by atoms with E-state index in [0.29, 0.717) is 29.5 Å². The smallest absolute Gasteiger partial charge is 0.311 e. The number of thiazole rings is 1. The highest BCUT2D eigenvalue weighted by atomic mass is 32.1. The van der Waals surface area contributed by atoms with E-state index in [4.69, 9.17) is 4.74 Å². The van der Waals surface area contributed by atoms with Gasteiger partial charge in [-0.15, -0.1) is 11.3 Å². The number of ether oxygens (including phenoxy) is 1. The van der Waals surface area contributed by atoms with Crippen molar-refractivity contribution in [1.29, 1.82) is 0 Å². The first kappa shape index (κ1) is 22.0. The van der Waals surface area contributed by atoms with E-state index < -0.39 is 0 Å². The Bertz CT molecular complexity index is 761. The molecule has 0 saturated carbocycles. The number of aromatic nitrogens is 1. The zero-order valence-corrected chi connectivity index (χ0v) is 18.1. The Morgan fingerprint density at radius 2 is 1.93 bits per heavy atom. The molecule has 0 amide bonds. The highest BCUT2D eigenvalue weighted by molar-refractivity contribution is 7.13. The van der Waals surface area contributed by atoms with E-state index in [0.717, 1.165) is 12.1 Å². The van der Waals surface area contributed by atoms with E-state index in [1.165, 1.54) is 16.9 Å². The van der Waals surface area contributed by atoms with Crippen LogP contribution in [0.25, 0.3) is 0 Å². The molecule has 1 N–H and O–H groups in total. The lowest BCUT2D eigenvalue weighted by Gasteiger charge is -2.30. The fraction of sp³-hybridized carbons (Fsp3) is 0.476. The second-order valence-electron chi connectivity index (χ2n) is 7.10. The van der Waals surface area contributed by atoms with Crippen molar-refractivity contribution in [1.82, 2.24) is 9.88 Å². The van der Waals surface area contributed by atoms with E-state index in [9.17, 15) is 4.79 Å². The van der Waals surface area contributed by atoms with Gasteiger partial charge in [-0.1, -0.05) is 24.3 Å². The SMILES string of the molecule is CCOC(=O)Cc1csc(NN=Cc2ccc(CN(C(C)C)C(C)C)cc2)n1. The van der Waals surface area contributed by atoms with E-state index >= 15 is 0 Å². The number of carbonyl (C=O) groups is 1. The third-order valence-electron chi connectivity index (χ3n) is 4.23. The van der Waals surface area contributed by atoms with Gasteiger partial charge < -0.3 is 4.74 Å². The molecule has 0 fully saturated rings. The van der Waals surface area contributed by atoms with Gasteiger partial charge in [0, 0.05) is 24.0 Å². The second kappa shape index (κ2) is 10.9. The Kier molecular flexibility index (Phi) is 8.60. The average Bonchev–Trinajstić information content (AvgIpc) is 3.07. The summed E-state index contributed by atoms with van der Waals surface area (Å²) in [4.78, 5) is 18.3. The van der Waals surface area contributed by atoms with Crippen LogP contribution in [0.4, 0.5) is 5.13 Å². The summed E-state index contributed by atoms with van der Waals surface area (Å²) in [5.41, 5.74) is 5.90. The summed E-state index contributed by atoms with van der Waals surface area (Å²) >= 11 is 1.41. The number of esters is 1. The highest BCUT2D eigenvalue weighted by Gasteiger charge is 2.13. The molecule has 6 nitrogen and oxygen atoms in total. The van der Waals surface area contributed by atoms with Crippen molar-refractivity contribution in [2.24, 2.45) is 5.10 Å². The number of rotatable bonds is 10. The lowest BCUT2D eigenvalue weighted by atomic mass is 10.1. The average molecular weight is 403 g/mol. The summed E-state index contributed by atoms with van der Waals surface area (Å²) in [5, 5.41) is 6.72. The molecule has 0 radical (unpaired) electrons. The zero-order chi connectivity index (χ0) is 20.5. The van der Waals surface area contributed by atoms with E-state index in [1.807, 2.05) is 5.38 Å². The summed E-state index contributed by atoms with van der Waals surface area (Å²) in [6.45, 7) is 12.0. The van der Waals surface area contributed by atoms with Crippen LogP contribution in [0.5, 0.6) is 0 Å². The van der Waals surface area contributed by atoms with Crippen LogP contribution in [0.3, 0.4) is 0 Å². The van der Waals surface area contributed by atoms with E-state index in [2.05, 4.69) is 72.4 Å². The molecule has 1 heterocycles. The fourth-order valence-electron chi connectivity index (χ4n) is 2.84. The van der Waals surface area contributed by atoms with Gasteiger partial charge in [-0.2, -0.15) is 5.10 Å². The number of carbonyl (C=O) groups excluding carboxylic acids is 1. The highest BCUT2D eigenvalue weighted by Crippen LogP contribution is 2.16. The molecule has 0 saturated heterocycles. The number of nitrogens with one attached hydrogen (secondary N) is 1. The van der Waals surface area contributed by atoms with Crippen molar-refractivity contribution in [2.45, 2.75) is 59.7 Å². The van der Waals surface area contributed by atoms with Crippen LogP contribution in [0, 0.1) is 0 Å². The van der Waals surface area contributed by atoms with Crippen molar-refractivity contribution >= 4 is 28.7 Å². The predicted molar refractivity (Wildman–Crippen MR) is 116 cm³/mol.